The minimum atomic E-state index is -0.846. The van der Waals surface area contributed by atoms with Crippen LogP contribution in [0.25, 0.3) is 0 Å². The van der Waals surface area contributed by atoms with Crippen LogP contribution < -0.4 is 16.6 Å². The molecule has 1 aromatic heterocycles. The van der Waals surface area contributed by atoms with Gasteiger partial charge in [-0.2, -0.15) is 0 Å². The third kappa shape index (κ3) is 3.42. The summed E-state index contributed by atoms with van der Waals surface area (Å²) >= 11 is 0. The molecule has 1 aliphatic rings. The van der Waals surface area contributed by atoms with Crippen LogP contribution >= 0.6 is 0 Å². The molecule has 1 aliphatic carbocycles. The normalized spacial score (nSPS) is 17.9. The van der Waals surface area contributed by atoms with Gasteiger partial charge < -0.3 is 10.7 Å². The lowest BCUT2D eigenvalue weighted by molar-refractivity contribution is 0.678. The molecule has 0 bridgehead atoms. The van der Waals surface area contributed by atoms with Crippen molar-refractivity contribution in [1.82, 2.24) is 9.97 Å². The van der Waals surface area contributed by atoms with Crippen LogP contribution in [0.1, 0.15) is 37.1 Å². The smallest absolute Gasteiger partial charge is 0.148 e. The van der Waals surface area contributed by atoms with Crippen LogP contribution in [0.4, 0.5) is 11.6 Å². The molecule has 0 spiro atoms. The first-order valence-corrected chi connectivity index (χ1v) is 8.06. The third-order valence-corrected chi connectivity index (χ3v) is 4.67. The lowest BCUT2D eigenvalue weighted by atomic mass is 10.2. The lowest BCUT2D eigenvalue weighted by Crippen LogP contribution is -2.22. The maximum atomic E-state index is 11.4. The first-order valence-electron chi connectivity index (χ1n) is 6.44. The molecule has 106 valence electrons. The van der Waals surface area contributed by atoms with E-state index in [0.717, 1.165) is 30.0 Å². The highest BCUT2D eigenvalue weighted by Gasteiger charge is 2.28. The van der Waals surface area contributed by atoms with Gasteiger partial charge in [0.1, 0.15) is 17.5 Å². The number of aromatic nitrogens is 2. The van der Waals surface area contributed by atoms with E-state index in [4.69, 9.17) is 5.84 Å². The second-order valence-electron chi connectivity index (χ2n) is 5.01. The van der Waals surface area contributed by atoms with Crippen LogP contribution in [0.2, 0.25) is 0 Å². The van der Waals surface area contributed by atoms with Gasteiger partial charge in [-0.15, -0.1) is 0 Å². The first-order chi connectivity index (χ1) is 9.02. The van der Waals surface area contributed by atoms with Crippen LogP contribution in [-0.2, 0) is 10.8 Å². The molecule has 1 saturated carbocycles. The summed E-state index contributed by atoms with van der Waals surface area (Å²) in [6.07, 6.45) is 3.99. The summed E-state index contributed by atoms with van der Waals surface area (Å²) in [4.78, 5) is 8.99. The number of nitrogens with zero attached hydrogens (tertiary/aromatic N) is 2. The molecular weight excluding hydrogens is 262 g/mol. The zero-order chi connectivity index (χ0) is 14.0. The Bertz CT molecular complexity index is 489. The van der Waals surface area contributed by atoms with E-state index in [1.807, 2.05) is 13.8 Å². The average molecular weight is 283 g/mol. The molecule has 4 N–H and O–H groups in total. The Morgan fingerprint density at radius 3 is 2.58 bits per heavy atom. The van der Waals surface area contributed by atoms with Gasteiger partial charge in [-0.3, -0.25) is 4.21 Å². The van der Waals surface area contributed by atoms with Gasteiger partial charge in [0, 0.05) is 40.3 Å². The van der Waals surface area contributed by atoms with Gasteiger partial charge in [-0.05, 0) is 26.7 Å². The fourth-order valence-electron chi connectivity index (χ4n) is 1.73. The van der Waals surface area contributed by atoms with E-state index in [1.54, 1.807) is 6.26 Å². The van der Waals surface area contributed by atoms with E-state index in [-0.39, 0.29) is 5.25 Å². The zero-order valence-electron chi connectivity index (χ0n) is 11.6. The summed E-state index contributed by atoms with van der Waals surface area (Å²) in [7, 11) is -0.846. The van der Waals surface area contributed by atoms with Crippen molar-refractivity contribution < 1.29 is 4.21 Å². The van der Waals surface area contributed by atoms with Crippen LogP contribution in [0.5, 0.6) is 0 Å². The Kier molecular flexibility index (Phi) is 4.36. The second-order valence-corrected chi connectivity index (χ2v) is 6.81. The van der Waals surface area contributed by atoms with E-state index in [9.17, 15) is 4.21 Å². The maximum absolute atomic E-state index is 11.4. The van der Waals surface area contributed by atoms with Gasteiger partial charge in [-0.25, -0.2) is 15.8 Å². The van der Waals surface area contributed by atoms with E-state index in [2.05, 4.69) is 20.7 Å². The van der Waals surface area contributed by atoms with Crippen molar-refractivity contribution in [3.05, 3.63) is 11.4 Å². The standard InChI is InChI=1S/C12H21N5OS/c1-7(19(3)18)6-14-10-8(2)11(17-13)16-12(15-10)9-4-5-9/h7,9H,4-6,13H2,1-3H3,(H2,14,15,16,17). The van der Waals surface area contributed by atoms with Gasteiger partial charge in [0.25, 0.3) is 0 Å². The number of nitrogens with two attached hydrogens (primary N) is 1. The Morgan fingerprint density at radius 1 is 1.42 bits per heavy atom. The number of hydrazine groups is 1. The minimum Gasteiger partial charge on any atom is -0.368 e. The van der Waals surface area contributed by atoms with Crippen molar-refractivity contribution in [2.24, 2.45) is 5.84 Å². The molecule has 1 heterocycles. The molecule has 0 aromatic carbocycles. The fraction of sp³-hybridized carbons (Fsp3) is 0.667. The Balaban J connectivity index is 2.18. The van der Waals surface area contributed by atoms with E-state index in [1.165, 1.54) is 0 Å². The van der Waals surface area contributed by atoms with Crippen molar-refractivity contribution in [1.29, 1.82) is 0 Å². The largest absolute Gasteiger partial charge is 0.368 e. The van der Waals surface area contributed by atoms with Gasteiger partial charge in [0.05, 0.1) is 0 Å². The molecule has 2 unspecified atom stereocenters. The summed E-state index contributed by atoms with van der Waals surface area (Å²) in [6.45, 7) is 4.49. The predicted octanol–water partition coefficient (Wildman–Crippen LogP) is 1.13. The Morgan fingerprint density at radius 2 is 2.05 bits per heavy atom. The molecule has 2 atom stereocenters. The summed E-state index contributed by atoms with van der Waals surface area (Å²) in [6, 6.07) is 0. The molecule has 1 aromatic rings. The second kappa shape index (κ2) is 5.83. The van der Waals surface area contributed by atoms with Crippen LogP contribution in [0.15, 0.2) is 0 Å². The van der Waals surface area contributed by atoms with Crippen LogP contribution in [-0.4, -0.2) is 32.2 Å². The number of hydrogen-bond donors (Lipinski definition) is 3. The number of rotatable bonds is 6. The summed E-state index contributed by atoms with van der Waals surface area (Å²) in [5.41, 5.74) is 3.51. The number of hydrogen-bond acceptors (Lipinski definition) is 6. The molecule has 6 nitrogen and oxygen atoms in total. The Hall–Kier alpha value is -1.21. The SMILES string of the molecule is Cc1c(NN)nc(C2CC2)nc1NCC(C)S(C)=O. The zero-order valence-corrected chi connectivity index (χ0v) is 12.4. The highest BCUT2D eigenvalue weighted by Crippen LogP contribution is 2.39. The summed E-state index contributed by atoms with van der Waals surface area (Å²) in [5, 5.41) is 3.33. The van der Waals surface area contributed by atoms with Gasteiger partial charge in [-0.1, -0.05) is 0 Å². The average Bonchev–Trinajstić information content (AvgIpc) is 3.21. The minimum absolute atomic E-state index is 0.0769. The highest BCUT2D eigenvalue weighted by molar-refractivity contribution is 7.84. The molecule has 1 fully saturated rings. The lowest BCUT2D eigenvalue weighted by Gasteiger charge is -2.15. The van der Waals surface area contributed by atoms with Gasteiger partial charge in [0.2, 0.25) is 0 Å². The molecule has 0 aliphatic heterocycles. The van der Waals surface area contributed by atoms with Gasteiger partial charge >= 0.3 is 0 Å². The summed E-state index contributed by atoms with van der Waals surface area (Å²) in [5.74, 6) is 8.24. The fourth-order valence-corrected chi connectivity index (χ4v) is 2.05. The van der Waals surface area contributed by atoms with Gasteiger partial charge in [0.15, 0.2) is 0 Å². The van der Waals surface area contributed by atoms with E-state index >= 15 is 0 Å². The Labute approximate surface area is 116 Å². The topological polar surface area (TPSA) is 92.9 Å². The van der Waals surface area contributed by atoms with Crippen molar-refractivity contribution in [2.75, 3.05) is 23.5 Å². The van der Waals surface area contributed by atoms with Crippen LogP contribution in [0.3, 0.4) is 0 Å². The molecule has 0 radical (unpaired) electrons. The number of nitrogens with one attached hydrogen (secondary N) is 2. The summed E-state index contributed by atoms with van der Waals surface area (Å²) < 4.78 is 11.4. The molecule has 0 amide bonds. The van der Waals surface area contributed by atoms with E-state index in [0.29, 0.717) is 18.3 Å². The monoisotopic (exact) mass is 283 g/mol. The predicted molar refractivity (Wildman–Crippen MR) is 78.6 cm³/mol. The quantitative estimate of drug-likeness (QED) is 0.535. The van der Waals surface area contributed by atoms with Crippen molar-refractivity contribution in [2.45, 2.75) is 37.9 Å². The van der Waals surface area contributed by atoms with Crippen molar-refractivity contribution in [3.8, 4) is 0 Å². The third-order valence-electron chi connectivity index (χ3n) is 3.37. The van der Waals surface area contributed by atoms with Crippen molar-refractivity contribution in [3.63, 3.8) is 0 Å². The molecule has 0 saturated heterocycles. The van der Waals surface area contributed by atoms with Crippen LogP contribution in [0, 0.1) is 6.92 Å². The van der Waals surface area contributed by atoms with Crippen molar-refractivity contribution >= 4 is 22.4 Å². The molecule has 2 rings (SSSR count). The first kappa shape index (κ1) is 14.2. The van der Waals surface area contributed by atoms with E-state index < -0.39 is 10.8 Å². The number of nitrogen functional groups attached to an aromatic ring is 1. The highest BCUT2D eigenvalue weighted by atomic mass is 32.2. The molecule has 7 heteroatoms. The molecular formula is C12H21N5OS. The number of anilines is 2. The molecule has 19 heavy (non-hydrogen) atoms. The maximum Gasteiger partial charge on any atom is 0.148 e.